The Kier molecular flexibility index (Phi) is 2.89. The smallest absolute Gasteiger partial charge is 0.135 e. The van der Waals surface area contributed by atoms with Crippen LogP contribution in [0, 0.1) is 17.8 Å². The molecule has 2 aliphatic rings. The molecule has 3 unspecified atom stereocenters. The summed E-state index contributed by atoms with van der Waals surface area (Å²) in [5.74, 6) is 2.87. The van der Waals surface area contributed by atoms with E-state index in [1.54, 1.807) is 0 Å². The van der Waals surface area contributed by atoms with Crippen LogP contribution in [0.5, 0.6) is 0 Å². The van der Waals surface area contributed by atoms with Gasteiger partial charge in [-0.15, -0.1) is 0 Å². The molecule has 2 N–H and O–H groups in total. The molecule has 0 aromatic rings. The van der Waals surface area contributed by atoms with Crippen molar-refractivity contribution >= 4 is 5.78 Å². The van der Waals surface area contributed by atoms with Gasteiger partial charge in [-0.25, -0.2) is 0 Å². The Morgan fingerprint density at radius 3 is 2.53 bits per heavy atom. The van der Waals surface area contributed by atoms with Crippen LogP contribution in [0.15, 0.2) is 0 Å². The van der Waals surface area contributed by atoms with Gasteiger partial charge in [0.15, 0.2) is 0 Å². The first kappa shape index (κ1) is 11.1. The second-order valence-corrected chi connectivity index (χ2v) is 6.34. The molecule has 2 bridgehead atoms. The normalized spacial score (nSPS) is 34.7. The number of fused-ring (bicyclic) bond motifs is 2. The van der Waals surface area contributed by atoms with Gasteiger partial charge in [-0.3, -0.25) is 4.79 Å². The molecular weight excluding hydrogens is 186 g/mol. The zero-order valence-electron chi connectivity index (χ0n) is 9.96. The molecule has 2 aliphatic carbocycles. The highest BCUT2D eigenvalue weighted by molar-refractivity contribution is 5.79. The number of Topliss-reactive ketones (excluding diaryl/α,β-unsaturated/α-hetero) is 1. The third kappa shape index (κ3) is 2.81. The lowest BCUT2D eigenvalue weighted by atomic mass is 9.83. The molecule has 2 rings (SSSR count). The van der Waals surface area contributed by atoms with Gasteiger partial charge in [-0.05, 0) is 50.9 Å². The number of ketones is 1. The highest BCUT2D eigenvalue weighted by Gasteiger charge is 2.40. The van der Waals surface area contributed by atoms with Crippen molar-refractivity contribution in [2.45, 2.75) is 57.9 Å². The number of hydrogen-bond donors (Lipinski definition) is 1. The molecule has 0 heterocycles. The Morgan fingerprint density at radius 2 is 2.07 bits per heavy atom. The molecule has 0 aromatic heterocycles. The van der Waals surface area contributed by atoms with Crippen LogP contribution in [0.3, 0.4) is 0 Å². The quantitative estimate of drug-likeness (QED) is 0.773. The summed E-state index contributed by atoms with van der Waals surface area (Å²) >= 11 is 0. The first-order valence-electron chi connectivity index (χ1n) is 6.24. The minimum absolute atomic E-state index is 0.325. The standard InChI is InChI=1S/C13H23NO/c1-13(2,14)8-12(15)7-11-6-9-3-4-10(11)5-9/h9-11H,3-8,14H2,1-2H3. The SMILES string of the molecule is CC(C)(N)CC(=O)CC1CC2CCC1C2. The van der Waals surface area contributed by atoms with Crippen molar-refractivity contribution in [1.29, 1.82) is 0 Å². The Bertz CT molecular complexity index is 254. The zero-order valence-corrected chi connectivity index (χ0v) is 9.96. The maximum absolute atomic E-state index is 11.8. The maximum atomic E-state index is 11.8. The fourth-order valence-electron chi connectivity index (χ4n) is 3.50. The lowest BCUT2D eigenvalue weighted by Gasteiger charge is -2.23. The van der Waals surface area contributed by atoms with E-state index in [0.717, 1.165) is 18.3 Å². The van der Waals surface area contributed by atoms with E-state index in [9.17, 15) is 4.79 Å². The highest BCUT2D eigenvalue weighted by atomic mass is 16.1. The molecule has 15 heavy (non-hydrogen) atoms. The van der Waals surface area contributed by atoms with E-state index in [1.807, 2.05) is 13.8 Å². The minimum atomic E-state index is -0.325. The van der Waals surface area contributed by atoms with Gasteiger partial charge in [-0.2, -0.15) is 0 Å². The van der Waals surface area contributed by atoms with Crippen LogP contribution in [0.2, 0.25) is 0 Å². The fraction of sp³-hybridized carbons (Fsp3) is 0.923. The summed E-state index contributed by atoms with van der Waals surface area (Å²) in [5.41, 5.74) is 5.54. The average molecular weight is 209 g/mol. The molecule has 0 spiro atoms. The lowest BCUT2D eigenvalue weighted by Crippen LogP contribution is -2.35. The minimum Gasteiger partial charge on any atom is -0.325 e. The summed E-state index contributed by atoms with van der Waals surface area (Å²) in [5, 5.41) is 0. The summed E-state index contributed by atoms with van der Waals surface area (Å²) in [6.45, 7) is 3.87. The number of hydrogen-bond acceptors (Lipinski definition) is 2. The molecule has 0 amide bonds. The van der Waals surface area contributed by atoms with E-state index in [4.69, 9.17) is 5.73 Å². The summed E-state index contributed by atoms with van der Waals surface area (Å²) in [6.07, 6.45) is 6.82. The third-order valence-electron chi connectivity index (χ3n) is 4.03. The second-order valence-electron chi connectivity index (χ2n) is 6.34. The van der Waals surface area contributed by atoms with Gasteiger partial charge in [0.25, 0.3) is 0 Å². The average Bonchev–Trinajstić information content (AvgIpc) is 2.60. The van der Waals surface area contributed by atoms with Gasteiger partial charge in [-0.1, -0.05) is 6.42 Å². The highest BCUT2D eigenvalue weighted by Crippen LogP contribution is 2.49. The van der Waals surface area contributed by atoms with Crippen LogP contribution < -0.4 is 5.73 Å². The van der Waals surface area contributed by atoms with Crippen molar-refractivity contribution in [2.24, 2.45) is 23.5 Å². The van der Waals surface area contributed by atoms with E-state index in [1.165, 1.54) is 25.7 Å². The number of nitrogens with two attached hydrogens (primary N) is 1. The molecule has 3 atom stereocenters. The first-order valence-corrected chi connectivity index (χ1v) is 6.24. The van der Waals surface area contributed by atoms with E-state index in [-0.39, 0.29) is 5.54 Å². The van der Waals surface area contributed by atoms with E-state index < -0.39 is 0 Å². The molecular formula is C13H23NO. The Hall–Kier alpha value is -0.370. The van der Waals surface area contributed by atoms with Gasteiger partial charge >= 0.3 is 0 Å². The second kappa shape index (κ2) is 3.89. The number of carbonyl (C=O) groups is 1. The Morgan fingerprint density at radius 1 is 1.33 bits per heavy atom. The van der Waals surface area contributed by atoms with E-state index in [2.05, 4.69) is 0 Å². The molecule has 2 saturated carbocycles. The van der Waals surface area contributed by atoms with Crippen LogP contribution in [0.25, 0.3) is 0 Å². The van der Waals surface area contributed by atoms with Crippen LogP contribution in [-0.2, 0) is 4.79 Å². The Balaban J connectivity index is 1.80. The molecule has 2 nitrogen and oxygen atoms in total. The predicted octanol–water partition coefficient (Wildman–Crippen LogP) is 2.51. The molecule has 0 saturated heterocycles. The summed E-state index contributed by atoms with van der Waals surface area (Å²) in [6, 6.07) is 0. The van der Waals surface area contributed by atoms with E-state index >= 15 is 0 Å². The summed E-state index contributed by atoms with van der Waals surface area (Å²) in [4.78, 5) is 11.8. The molecule has 0 aromatic carbocycles. The van der Waals surface area contributed by atoms with Gasteiger partial charge in [0, 0.05) is 18.4 Å². The van der Waals surface area contributed by atoms with Crippen molar-refractivity contribution < 1.29 is 4.79 Å². The largest absolute Gasteiger partial charge is 0.325 e. The van der Waals surface area contributed by atoms with Gasteiger partial charge in [0.05, 0.1) is 0 Å². The van der Waals surface area contributed by atoms with Crippen LogP contribution in [-0.4, -0.2) is 11.3 Å². The summed E-state index contributed by atoms with van der Waals surface area (Å²) < 4.78 is 0. The zero-order chi connectivity index (χ0) is 11.1. The predicted molar refractivity (Wildman–Crippen MR) is 61.4 cm³/mol. The van der Waals surface area contributed by atoms with Gasteiger partial charge in [0.2, 0.25) is 0 Å². The van der Waals surface area contributed by atoms with Crippen molar-refractivity contribution in [3.8, 4) is 0 Å². The van der Waals surface area contributed by atoms with Gasteiger partial charge in [0.1, 0.15) is 5.78 Å². The fourth-order valence-corrected chi connectivity index (χ4v) is 3.50. The summed E-state index contributed by atoms with van der Waals surface area (Å²) in [7, 11) is 0. The van der Waals surface area contributed by atoms with Crippen molar-refractivity contribution in [2.75, 3.05) is 0 Å². The first-order chi connectivity index (χ1) is 6.94. The number of carbonyl (C=O) groups excluding carboxylic acids is 1. The van der Waals surface area contributed by atoms with Crippen LogP contribution >= 0.6 is 0 Å². The van der Waals surface area contributed by atoms with Crippen molar-refractivity contribution in [1.82, 2.24) is 0 Å². The Labute approximate surface area is 92.6 Å². The molecule has 0 aliphatic heterocycles. The molecule has 2 fully saturated rings. The van der Waals surface area contributed by atoms with Crippen molar-refractivity contribution in [3.05, 3.63) is 0 Å². The van der Waals surface area contributed by atoms with Crippen LogP contribution in [0.1, 0.15) is 52.4 Å². The topological polar surface area (TPSA) is 43.1 Å². The molecule has 86 valence electrons. The van der Waals surface area contributed by atoms with Crippen LogP contribution in [0.4, 0.5) is 0 Å². The van der Waals surface area contributed by atoms with Gasteiger partial charge < -0.3 is 5.73 Å². The lowest BCUT2D eigenvalue weighted by molar-refractivity contribution is -0.121. The third-order valence-corrected chi connectivity index (χ3v) is 4.03. The van der Waals surface area contributed by atoms with Crippen molar-refractivity contribution in [3.63, 3.8) is 0 Å². The molecule has 0 radical (unpaired) electrons. The molecule has 2 heteroatoms. The van der Waals surface area contributed by atoms with E-state index in [0.29, 0.717) is 18.1 Å². The maximum Gasteiger partial charge on any atom is 0.135 e. The monoisotopic (exact) mass is 209 g/mol. The number of rotatable bonds is 4.